The van der Waals surface area contributed by atoms with E-state index in [4.69, 9.17) is 13.9 Å². The summed E-state index contributed by atoms with van der Waals surface area (Å²) in [5.41, 5.74) is 1.34. The summed E-state index contributed by atoms with van der Waals surface area (Å²) in [6, 6.07) is 7.60. The lowest BCUT2D eigenvalue weighted by Crippen LogP contribution is -2.37. The third-order valence-electron chi connectivity index (χ3n) is 4.82. The topological polar surface area (TPSA) is 51.9 Å². The largest absolute Gasteiger partial charge is 0.490 e. The predicted octanol–water partition coefficient (Wildman–Crippen LogP) is 3.49. The van der Waals surface area contributed by atoms with Gasteiger partial charge in [0.25, 0.3) is 0 Å². The lowest BCUT2D eigenvalue weighted by molar-refractivity contribution is 0.0358. The smallest absolute Gasteiger partial charge is 0.200 e. The van der Waals surface area contributed by atoms with Crippen molar-refractivity contribution < 1.29 is 18.3 Å². The Bertz CT molecular complexity index is 1020. The Morgan fingerprint density at radius 3 is 2.78 bits per heavy atom. The van der Waals surface area contributed by atoms with E-state index < -0.39 is 5.82 Å². The summed E-state index contributed by atoms with van der Waals surface area (Å²) < 4.78 is 30.7. The van der Waals surface area contributed by atoms with Crippen LogP contribution in [0.4, 0.5) is 4.39 Å². The first-order valence-corrected chi connectivity index (χ1v) is 9.21. The molecule has 0 bridgehead atoms. The van der Waals surface area contributed by atoms with Gasteiger partial charge >= 0.3 is 0 Å². The Balaban J connectivity index is 1.59. The Hall–Kier alpha value is -2.44. The Labute approximate surface area is 156 Å². The maximum atomic E-state index is 13.6. The minimum Gasteiger partial charge on any atom is -0.490 e. The third kappa shape index (κ3) is 3.82. The fraction of sp³-hybridized carbons (Fsp3) is 0.381. The second-order valence-electron chi connectivity index (χ2n) is 6.87. The second kappa shape index (κ2) is 7.66. The molecule has 2 aromatic carbocycles. The number of nitrogens with zero attached hydrogens (tertiary/aromatic N) is 1. The van der Waals surface area contributed by atoms with Gasteiger partial charge < -0.3 is 13.9 Å². The number of morpholine rings is 1. The summed E-state index contributed by atoms with van der Waals surface area (Å²) in [5.74, 6) is 0.0836. The fourth-order valence-electron chi connectivity index (χ4n) is 3.44. The summed E-state index contributed by atoms with van der Waals surface area (Å²) in [6.45, 7) is 6.80. The van der Waals surface area contributed by atoms with Crippen LogP contribution in [0, 0.1) is 12.7 Å². The van der Waals surface area contributed by atoms with Crippen LogP contribution < -0.4 is 10.2 Å². The molecular formula is C21H22FNO4. The molecular weight excluding hydrogens is 349 g/mol. The van der Waals surface area contributed by atoms with Gasteiger partial charge in [-0.3, -0.25) is 9.69 Å². The highest BCUT2D eigenvalue weighted by Gasteiger charge is 2.14. The number of benzene rings is 2. The van der Waals surface area contributed by atoms with Crippen LogP contribution in [0.15, 0.2) is 39.5 Å². The van der Waals surface area contributed by atoms with Crippen molar-refractivity contribution in [1.82, 2.24) is 4.90 Å². The van der Waals surface area contributed by atoms with E-state index in [1.807, 2.05) is 13.0 Å². The molecule has 0 aliphatic carbocycles. The van der Waals surface area contributed by atoms with Gasteiger partial charge in [0.15, 0.2) is 11.3 Å². The van der Waals surface area contributed by atoms with Crippen molar-refractivity contribution in [2.75, 3.05) is 39.5 Å². The van der Waals surface area contributed by atoms with E-state index in [2.05, 4.69) is 4.90 Å². The normalized spacial score (nSPS) is 15.5. The van der Waals surface area contributed by atoms with Crippen LogP contribution in [-0.2, 0) is 4.74 Å². The molecule has 1 aliphatic rings. The minimum absolute atomic E-state index is 0.173. The van der Waals surface area contributed by atoms with Crippen molar-refractivity contribution >= 4 is 21.9 Å². The summed E-state index contributed by atoms with van der Waals surface area (Å²) in [4.78, 5) is 15.1. The van der Waals surface area contributed by atoms with Crippen LogP contribution in [0.3, 0.4) is 0 Å². The van der Waals surface area contributed by atoms with Crippen LogP contribution in [0.5, 0.6) is 5.75 Å². The molecule has 6 heteroatoms. The summed E-state index contributed by atoms with van der Waals surface area (Å²) in [7, 11) is 0. The van der Waals surface area contributed by atoms with Gasteiger partial charge in [-0.25, -0.2) is 4.39 Å². The number of aryl methyl sites for hydroxylation is 1. The zero-order valence-electron chi connectivity index (χ0n) is 15.3. The van der Waals surface area contributed by atoms with Gasteiger partial charge in [0.1, 0.15) is 11.4 Å². The second-order valence-corrected chi connectivity index (χ2v) is 6.87. The molecule has 4 rings (SSSR count). The lowest BCUT2D eigenvalue weighted by atomic mass is 10.1. The molecule has 0 amide bonds. The first-order chi connectivity index (χ1) is 13.1. The predicted molar refractivity (Wildman–Crippen MR) is 102 cm³/mol. The van der Waals surface area contributed by atoms with E-state index in [-0.39, 0.29) is 11.0 Å². The zero-order valence-corrected chi connectivity index (χ0v) is 15.3. The molecule has 142 valence electrons. The number of hydrogen-bond acceptors (Lipinski definition) is 5. The first-order valence-electron chi connectivity index (χ1n) is 9.21. The molecule has 1 aromatic heterocycles. The molecule has 0 atom stereocenters. The van der Waals surface area contributed by atoms with Crippen LogP contribution in [-0.4, -0.2) is 44.4 Å². The Morgan fingerprint density at radius 2 is 1.96 bits per heavy atom. The van der Waals surface area contributed by atoms with E-state index in [0.717, 1.165) is 44.8 Å². The van der Waals surface area contributed by atoms with Crippen molar-refractivity contribution in [2.45, 2.75) is 13.3 Å². The molecule has 0 saturated carbocycles. The Kier molecular flexibility index (Phi) is 5.09. The van der Waals surface area contributed by atoms with Gasteiger partial charge in [0, 0.05) is 25.7 Å². The molecule has 0 N–H and O–H groups in total. The van der Waals surface area contributed by atoms with Crippen molar-refractivity contribution in [3.63, 3.8) is 0 Å². The highest BCUT2D eigenvalue weighted by Crippen LogP contribution is 2.29. The number of hydrogen-bond donors (Lipinski definition) is 0. The van der Waals surface area contributed by atoms with E-state index in [0.29, 0.717) is 28.7 Å². The average molecular weight is 371 g/mol. The van der Waals surface area contributed by atoms with E-state index >= 15 is 0 Å². The van der Waals surface area contributed by atoms with Crippen molar-refractivity contribution in [3.05, 3.63) is 51.9 Å². The van der Waals surface area contributed by atoms with Crippen LogP contribution in [0.1, 0.15) is 12.0 Å². The monoisotopic (exact) mass is 371 g/mol. The van der Waals surface area contributed by atoms with Gasteiger partial charge in [-0.15, -0.1) is 0 Å². The van der Waals surface area contributed by atoms with Crippen molar-refractivity contribution in [3.8, 4) is 5.75 Å². The Morgan fingerprint density at radius 1 is 1.15 bits per heavy atom. The maximum Gasteiger partial charge on any atom is 0.200 e. The molecule has 1 fully saturated rings. The lowest BCUT2D eigenvalue weighted by Gasteiger charge is -2.26. The standard InChI is InChI=1S/C21H22FNO4/c1-14-11-17-20(24)16-4-3-15(22)13-18(16)27-21(17)19(12-14)26-8-2-5-23-6-9-25-10-7-23/h3-4,11-13H,2,5-10H2,1H3. The molecule has 27 heavy (non-hydrogen) atoms. The summed E-state index contributed by atoms with van der Waals surface area (Å²) >= 11 is 0. The quantitative estimate of drug-likeness (QED) is 0.508. The van der Waals surface area contributed by atoms with Crippen molar-refractivity contribution in [1.29, 1.82) is 0 Å². The number of halogens is 1. The fourth-order valence-corrected chi connectivity index (χ4v) is 3.44. The number of ether oxygens (including phenoxy) is 2. The van der Waals surface area contributed by atoms with Crippen LogP contribution in [0.25, 0.3) is 21.9 Å². The summed E-state index contributed by atoms with van der Waals surface area (Å²) in [6.07, 6.45) is 0.863. The van der Waals surface area contributed by atoms with Crippen LogP contribution >= 0.6 is 0 Å². The minimum atomic E-state index is -0.440. The average Bonchev–Trinajstić information content (AvgIpc) is 2.67. The molecule has 0 unspecified atom stereocenters. The molecule has 5 nitrogen and oxygen atoms in total. The zero-order chi connectivity index (χ0) is 18.8. The van der Waals surface area contributed by atoms with Crippen LogP contribution in [0.2, 0.25) is 0 Å². The number of rotatable bonds is 5. The van der Waals surface area contributed by atoms with Gasteiger partial charge in [-0.1, -0.05) is 0 Å². The van der Waals surface area contributed by atoms with E-state index in [1.54, 1.807) is 6.07 Å². The van der Waals surface area contributed by atoms with E-state index in [9.17, 15) is 9.18 Å². The first kappa shape index (κ1) is 17.9. The van der Waals surface area contributed by atoms with Gasteiger partial charge in [-0.05, 0) is 43.2 Å². The molecule has 0 radical (unpaired) electrons. The van der Waals surface area contributed by atoms with Crippen molar-refractivity contribution in [2.24, 2.45) is 0 Å². The SMILES string of the molecule is Cc1cc(OCCCN2CCOCC2)c2oc3cc(F)ccc3c(=O)c2c1. The van der Waals surface area contributed by atoms with E-state index in [1.165, 1.54) is 18.2 Å². The van der Waals surface area contributed by atoms with Gasteiger partial charge in [0.2, 0.25) is 5.43 Å². The highest BCUT2D eigenvalue weighted by molar-refractivity contribution is 5.92. The number of fused-ring (bicyclic) bond motifs is 2. The molecule has 0 spiro atoms. The molecule has 3 aromatic rings. The molecule has 1 aliphatic heterocycles. The third-order valence-corrected chi connectivity index (χ3v) is 4.82. The summed E-state index contributed by atoms with van der Waals surface area (Å²) in [5, 5.41) is 0.824. The van der Waals surface area contributed by atoms with Gasteiger partial charge in [0.05, 0.1) is 30.6 Å². The molecule has 1 saturated heterocycles. The van der Waals surface area contributed by atoms with Gasteiger partial charge in [-0.2, -0.15) is 0 Å². The molecule has 2 heterocycles. The maximum absolute atomic E-state index is 13.6. The highest BCUT2D eigenvalue weighted by atomic mass is 19.1.